The third-order valence-electron chi connectivity index (χ3n) is 3.21. The first-order valence-electron chi connectivity index (χ1n) is 6.72. The van der Waals surface area contributed by atoms with Crippen LogP contribution in [0.25, 0.3) is 11.3 Å². The molecule has 0 aliphatic rings. The van der Waals surface area contributed by atoms with Crippen molar-refractivity contribution < 1.29 is 26.7 Å². The van der Waals surface area contributed by atoms with Gasteiger partial charge in [0, 0.05) is 10.9 Å². The lowest BCUT2D eigenvalue weighted by atomic mass is 10.1. The van der Waals surface area contributed by atoms with Gasteiger partial charge in [-0.1, -0.05) is 0 Å². The maximum atomic E-state index is 13.6. The topological polar surface area (TPSA) is 42.0 Å². The van der Waals surface area contributed by atoms with Gasteiger partial charge < -0.3 is 0 Å². The van der Waals surface area contributed by atoms with Gasteiger partial charge >= 0.3 is 0 Å². The predicted octanol–water partition coefficient (Wildman–Crippen LogP) is 4.76. The Balaban J connectivity index is 1.84. The monoisotopic (exact) mass is 370 g/mol. The Morgan fingerprint density at radius 3 is 2.32 bits per heavy atom. The average Bonchev–Trinajstić information content (AvgIpc) is 3.05. The Kier molecular flexibility index (Phi) is 4.49. The van der Waals surface area contributed by atoms with Gasteiger partial charge in [-0.3, -0.25) is 10.1 Å². The molecule has 0 fully saturated rings. The van der Waals surface area contributed by atoms with Crippen LogP contribution >= 0.6 is 11.3 Å². The van der Waals surface area contributed by atoms with Crippen molar-refractivity contribution in [1.29, 1.82) is 0 Å². The van der Waals surface area contributed by atoms with Gasteiger partial charge in [-0.15, -0.1) is 11.3 Å². The minimum Gasteiger partial charge on any atom is -0.298 e. The molecule has 0 bridgehead atoms. The van der Waals surface area contributed by atoms with E-state index in [9.17, 15) is 26.7 Å². The number of aromatic nitrogens is 1. The van der Waals surface area contributed by atoms with Crippen LogP contribution in [0.2, 0.25) is 0 Å². The molecule has 1 amide bonds. The molecular weight excluding hydrogens is 363 g/mol. The number of hydrogen-bond donors (Lipinski definition) is 1. The number of nitrogens with zero attached hydrogens (tertiary/aromatic N) is 1. The molecule has 9 heteroatoms. The summed E-state index contributed by atoms with van der Waals surface area (Å²) >= 11 is 0.968. The van der Waals surface area contributed by atoms with Crippen LogP contribution in [-0.2, 0) is 0 Å². The van der Waals surface area contributed by atoms with E-state index in [1.165, 1.54) is 24.3 Å². The standard InChI is InChI=1S/C16H7F5N2OS/c17-8-3-1-7(2-4-8)11-6-25-16(22-11)23-15(24)9-5-10(18)13(20)14(21)12(9)19/h1-6H,(H,22,23,24). The van der Waals surface area contributed by atoms with Crippen molar-refractivity contribution in [2.45, 2.75) is 0 Å². The number of carbonyl (C=O) groups excluding carboxylic acids is 1. The van der Waals surface area contributed by atoms with Crippen molar-refractivity contribution in [3.05, 3.63) is 70.4 Å². The summed E-state index contributed by atoms with van der Waals surface area (Å²) in [7, 11) is 0. The smallest absolute Gasteiger partial charge is 0.260 e. The molecule has 25 heavy (non-hydrogen) atoms. The number of thiazole rings is 1. The van der Waals surface area contributed by atoms with Crippen LogP contribution in [0, 0.1) is 29.1 Å². The third kappa shape index (κ3) is 3.36. The van der Waals surface area contributed by atoms with Crippen molar-refractivity contribution in [3.63, 3.8) is 0 Å². The Labute approximate surface area is 141 Å². The summed E-state index contributed by atoms with van der Waals surface area (Å²) in [6.45, 7) is 0. The fraction of sp³-hybridized carbons (Fsp3) is 0. The van der Waals surface area contributed by atoms with Crippen LogP contribution in [0.3, 0.4) is 0 Å². The van der Waals surface area contributed by atoms with E-state index in [2.05, 4.69) is 10.3 Å². The second-order valence-electron chi connectivity index (χ2n) is 4.85. The molecular formula is C16H7F5N2OS. The summed E-state index contributed by atoms with van der Waals surface area (Å²) in [5.41, 5.74) is -0.00429. The first-order valence-corrected chi connectivity index (χ1v) is 7.60. The van der Waals surface area contributed by atoms with E-state index in [1.807, 2.05) is 0 Å². The predicted molar refractivity (Wildman–Crippen MR) is 81.7 cm³/mol. The molecule has 2 aromatic carbocycles. The van der Waals surface area contributed by atoms with Gasteiger partial charge in [0.15, 0.2) is 28.4 Å². The number of carbonyl (C=O) groups is 1. The molecule has 3 nitrogen and oxygen atoms in total. The highest BCUT2D eigenvalue weighted by Crippen LogP contribution is 2.26. The number of rotatable bonds is 3. The molecule has 0 spiro atoms. The van der Waals surface area contributed by atoms with Gasteiger partial charge in [0.05, 0.1) is 11.3 Å². The molecule has 0 saturated carbocycles. The van der Waals surface area contributed by atoms with Crippen LogP contribution < -0.4 is 5.32 Å². The number of nitrogens with one attached hydrogen (secondary N) is 1. The van der Waals surface area contributed by atoms with Gasteiger partial charge in [0.25, 0.3) is 5.91 Å². The average molecular weight is 370 g/mol. The Hall–Kier alpha value is -2.81. The molecule has 0 atom stereocenters. The van der Waals surface area contributed by atoms with Gasteiger partial charge in [-0.05, 0) is 30.3 Å². The molecule has 3 aromatic rings. The Bertz CT molecular complexity index is 956. The number of halogens is 5. The van der Waals surface area contributed by atoms with E-state index in [1.54, 1.807) is 5.38 Å². The lowest BCUT2D eigenvalue weighted by Gasteiger charge is -2.05. The van der Waals surface area contributed by atoms with Gasteiger partial charge in [-0.25, -0.2) is 26.9 Å². The maximum absolute atomic E-state index is 13.6. The molecule has 0 saturated heterocycles. The second kappa shape index (κ2) is 6.60. The first kappa shape index (κ1) is 17.0. The summed E-state index contributed by atoms with van der Waals surface area (Å²) in [6.07, 6.45) is 0. The summed E-state index contributed by atoms with van der Waals surface area (Å²) in [5.74, 6) is -9.17. The molecule has 1 aromatic heterocycles. The number of anilines is 1. The number of amides is 1. The molecule has 128 valence electrons. The largest absolute Gasteiger partial charge is 0.298 e. The van der Waals surface area contributed by atoms with Crippen molar-refractivity contribution in [2.75, 3.05) is 5.32 Å². The van der Waals surface area contributed by atoms with E-state index in [-0.39, 0.29) is 11.2 Å². The van der Waals surface area contributed by atoms with E-state index in [0.717, 1.165) is 11.3 Å². The molecule has 0 radical (unpaired) electrons. The number of benzene rings is 2. The molecule has 0 unspecified atom stereocenters. The van der Waals surface area contributed by atoms with Crippen LogP contribution in [-0.4, -0.2) is 10.9 Å². The highest BCUT2D eigenvalue weighted by atomic mass is 32.1. The SMILES string of the molecule is O=C(Nc1nc(-c2ccc(F)cc2)cs1)c1cc(F)c(F)c(F)c1F. The fourth-order valence-electron chi connectivity index (χ4n) is 1.99. The van der Waals surface area contributed by atoms with Crippen LogP contribution in [0.4, 0.5) is 27.1 Å². The minimum absolute atomic E-state index is 0.0221. The van der Waals surface area contributed by atoms with Crippen LogP contribution in [0.1, 0.15) is 10.4 Å². The second-order valence-corrected chi connectivity index (χ2v) is 5.70. The maximum Gasteiger partial charge on any atom is 0.260 e. The molecule has 0 aliphatic heterocycles. The molecule has 3 rings (SSSR count). The van der Waals surface area contributed by atoms with Crippen LogP contribution in [0.15, 0.2) is 35.7 Å². The lowest BCUT2D eigenvalue weighted by molar-refractivity contribution is 0.102. The van der Waals surface area contributed by atoms with Gasteiger partial charge in [0.1, 0.15) is 5.82 Å². The zero-order chi connectivity index (χ0) is 18.1. The van der Waals surface area contributed by atoms with E-state index in [4.69, 9.17) is 0 Å². The van der Waals surface area contributed by atoms with Crippen molar-refractivity contribution >= 4 is 22.4 Å². The van der Waals surface area contributed by atoms with E-state index in [0.29, 0.717) is 11.3 Å². The fourth-order valence-corrected chi connectivity index (χ4v) is 2.70. The highest BCUT2D eigenvalue weighted by Gasteiger charge is 2.23. The molecule has 1 N–H and O–H groups in total. The highest BCUT2D eigenvalue weighted by molar-refractivity contribution is 7.14. The molecule has 0 aliphatic carbocycles. The normalized spacial score (nSPS) is 10.8. The quantitative estimate of drug-likeness (QED) is 0.410. The Morgan fingerprint density at radius 2 is 1.64 bits per heavy atom. The Morgan fingerprint density at radius 1 is 0.960 bits per heavy atom. The third-order valence-corrected chi connectivity index (χ3v) is 3.97. The van der Waals surface area contributed by atoms with Gasteiger partial charge in [0.2, 0.25) is 0 Å². The van der Waals surface area contributed by atoms with E-state index >= 15 is 0 Å². The minimum atomic E-state index is -2.07. The zero-order valence-corrected chi connectivity index (χ0v) is 12.9. The van der Waals surface area contributed by atoms with E-state index < -0.39 is 40.6 Å². The zero-order valence-electron chi connectivity index (χ0n) is 12.1. The van der Waals surface area contributed by atoms with Crippen molar-refractivity contribution in [1.82, 2.24) is 4.98 Å². The summed E-state index contributed by atoms with van der Waals surface area (Å²) < 4.78 is 65.8. The summed E-state index contributed by atoms with van der Waals surface area (Å²) in [6, 6.07) is 5.66. The molecule has 1 heterocycles. The van der Waals surface area contributed by atoms with Crippen molar-refractivity contribution in [3.8, 4) is 11.3 Å². The summed E-state index contributed by atoms with van der Waals surface area (Å²) in [5, 5.41) is 3.74. The van der Waals surface area contributed by atoms with Gasteiger partial charge in [-0.2, -0.15) is 0 Å². The van der Waals surface area contributed by atoms with Crippen LogP contribution in [0.5, 0.6) is 0 Å². The lowest BCUT2D eigenvalue weighted by Crippen LogP contribution is -2.16. The number of hydrogen-bond acceptors (Lipinski definition) is 3. The van der Waals surface area contributed by atoms with Crippen molar-refractivity contribution in [2.24, 2.45) is 0 Å². The first-order chi connectivity index (χ1) is 11.9. The summed E-state index contributed by atoms with van der Waals surface area (Å²) in [4.78, 5) is 16.0.